The first-order valence-corrected chi connectivity index (χ1v) is 7.79. The zero-order chi connectivity index (χ0) is 15.0. The largest absolute Gasteiger partial charge is 0.417 e. The molecule has 108 valence electrons. The van der Waals surface area contributed by atoms with E-state index in [0.29, 0.717) is 16.1 Å². The highest BCUT2D eigenvalue weighted by molar-refractivity contribution is 14.1. The van der Waals surface area contributed by atoms with Crippen molar-refractivity contribution in [3.63, 3.8) is 0 Å². The molecular formula is C15H12ClIN2O2. The molecule has 1 unspecified atom stereocenters. The maximum absolute atomic E-state index is 11.3. The number of nitrogens with one attached hydrogen (secondary N) is 2. The highest BCUT2D eigenvalue weighted by Gasteiger charge is 2.16. The molecule has 0 aliphatic carbocycles. The minimum atomic E-state index is -0.444. The van der Waals surface area contributed by atoms with Crippen LogP contribution in [0.1, 0.15) is 17.2 Å². The summed E-state index contributed by atoms with van der Waals surface area (Å²) in [7, 11) is 1.89. The minimum absolute atomic E-state index is 0.0276. The van der Waals surface area contributed by atoms with Gasteiger partial charge in [-0.2, -0.15) is 0 Å². The van der Waals surface area contributed by atoms with Gasteiger partial charge in [-0.15, -0.1) is 0 Å². The molecule has 21 heavy (non-hydrogen) atoms. The fourth-order valence-electron chi connectivity index (χ4n) is 2.38. The van der Waals surface area contributed by atoms with Gasteiger partial charge in [0.05, 0.1) is 11.6 Å². The number of aromatic amines is 1. The molecule has 0 radical (unpaired) electrons. The van der Waals surface area contributed by atoms with Crippen molar-refractivity contribution in [1.29, 1.82) is 0 Å². The van der Waals surface area contributed by atoms with Crippen LogP contribution in [0.25, 0.3) is 11.1 Å². The number of hydrogen-bond acceptors (Lipinski definition) is 3. The van der Waals surface area contributed by atoms with E-state index in [2.05, 4.69) is 32.9 Å². The number of hydrogen-bond donors (Lipinski definition) is 2. The lowest BCUT2D eigenvalue weighted by Crippen LogP contribution is -2.18. The molecule has 0 spiro atoms. The Balaban J connectivity index is 2.12. The van der Waals surface area contributed by atoms with Gasteiger partial charge in [-0.3, -0.25) is 4.98 Å². The van der Waals surface area contributed by atoms with Crippen LogP contribution in [-0.2, 0) is 0 Å². The minimum Gasteiger partial charge on any atom is -0.408 e. The van der Waals surface area contributed by atoms with Gasteiger partial charge in [-0.1, -0.05) is 17.7 Å². The van der Waals surface area contributed by atoms with Crippen LogP contribution in [0.4, 0.5) is 0 Å². The van der Waals surface area contributed by atoms with Crippen molar-refractivity contribution in [1.82, 2.24) is 10.3 Å². The summed E-state index contributed by atoms with van der Waals surface area (Å²) < 4.78 is 6.24. The van der Waals surface area contributed by atoms with Gasteiger partial charge in [0.25, 0.3) is 0 Å². The van der Waals surface area contributed by atoms with Gasteiger partial charge in [-0.05, 0) is 71.1 Å². The lowest BCUT2D eigenvalue weighted by atomic mass is 9.98. The number of aromatic nitrogens is 1. The van der Waals surface area contributed by atoms with Crippen molar-refractivity contribution in [2.24, 2.45) is 0 Å². The Hall–Kier alpha value is -1.31. The van der Waals surface area contributed by atoms with E-state index in [1.54, 1.807) is 0 Å². The van der Waals surface area contributed by atoms with Crippen molar-refractivity contribution in [3.05, 3.63) is 66.7 Å². The summed E-state index contributed by atoms with van der Waals surface area (Å²) >= 11 is 8.39. The van der Waals surface area contributed by atoms with Crippen LogP contribution in [0.3, 0.4) is 0 Å². The molecule has 0 bridgehead atoms. The number of rotatable bonds is 3. The third kappa shape index (κ3) is 2.86. The number of fused-ring (bicyclic) bond motifs is 1. The van der Waals surface area contributed by atoms with Crippen molar-refractivity contribution < 1.29 is 4.42 Å². The topological polar surface area (TPSA) is 58.0 Å². The van der Waals surface area contributed by atoms with Crippen molar-refractivity contribution in [2.75, 3.05) is 7.05 Å². The molecule has 0 aliphatic heterocycles. The Morgan fingerprint density at radius 2 is 2.10 bits per heavy atom. The van der Waals surface area contributed by atoms with Crippen molar-refractivity contribution >= 4 is 45.3 Å². The third-order valence-corrected chi connectivity index (χ3v) is 4.55. The molecule has 0 amide bonds. The van der Waals surface area contributed by atoms with Gasteiger partial charge in [0.15, 0.2) is 5.58 Å². The number of H-pyrrole nitrogens is 1. The second kappa shape index (κ2) is 5.82. The van der Waals surface area contributed by atoms with E-state index in [-0.39, 0.29) is 6.04 Å². The monoisotopic (exact) mass is 414 g/mol. The molecule has 0 fully saturated rings. The third-order valence-electron chi connectivity index (χ3n) is 3.34. The summed E-state index contributed by atoms with van der Waals surface area (Å²) in [6, 6.07) is 11.4. The second-order valence-electron chi connectivity index (χ2n) is 4.66. The predicted octanol–water partition coefficient (Wildman–Crippen LogP) is 3.69. The summed E-state index contributed by atoms with van der Waals surface area (Å²) in [5, 5.41) is 3.98. The average Bonchev–Trinajstić information content (AvgIpc) is 2.83. The fourth-order valence-corrected chi connectivity index (χ4v) is 3.21. The highest BCUT2D eigenvalue weighted by atomic mass is 127. The number of halogens is 2. The van der Waals surface area contributed by atoms with Gasteiger partial charge < -0.3 is 9.73 Å². The molecule has 0 saturated heterocycles. The van der Waals surface area contributed by atoms with E-state index in [1.807, 2.05) is 43.4 Å². The maximum Gasteiger partial charge on any atom is 0.417 e. The smallest absolute Gasteiger partial charge is 0.408 e. The highest BCUT2D eigenvalue weighted by Crippen LogP contribution is 2.29. The Kier molecular flexibility index (Phi) is 4.05. The molecule has 2 N–H and O–H groups in total. The van der Waals surface area contributed by atoms with Crippen LogP contribution < -0.4 is 11.1 Å². The number of oxazole rings is 1. The van der Waals surface area contributed by atoms with Crippen LogP contribution >= 0.6 is 34.2 Å². The lowest BCUT2D eigenvalue weighted by molar-refractivity contribution is 0.554. The summed E-state index contributed by atoms with van der Waals surface area (Å²) in [6.45, 7) is 0. The molecule has 1 atom stereocenters. The van der Waals surface area contributed by atoms with E-state index < -0.39 is 5.76 Å². The summed E-state index contributed by atoms with van der Waals surface area (Å²) in [5.41, 5.74) is 3.34. The first kappa shape index (κ1) is 14.6. The van der Waals surface area contributed by atoms with Gasteiger partial charge >= 0.3 is 5.76 Å². The van der Waals surface area contributed by atoms with Crippen LogP contribution in [0.15, 0.2) is 45.6 Å². The Morgan fingerprint density at radius 3 is 2.86 bits per heavy atom. The molecule has 3 rings (SSSR count). The molecule has 2 aromatic carbocycles. The summed E-state index contributed by atoms with van der Waals surface area (Å²) in [4.78, 5) is 13.9. The zero-order valence-electron chi connectivity index (χ0n) is 11.1. The Morgan fingerprint density at radius 1 is 1.29 bits per heavy atom. The maximum atomic E-state index is 11.3. The van der Waals surface area contributed by atoms with E-state index in [4.69, 9.17) is 16.0 Å². The second-order valence-corrected chi connectivity index (χ2v) is 6.26. The molecule has 6 heteroatoms. The number of benzene rings is 2. The molecule has 0 saturated carbocycles. The van der Waals surface area contributed by atoms with E-state index in [9.17, 15) is 4.79 Å². The van der Waals surface area contributed by atoms with Gasteiger partial charge in [-0.25, -0.2) is 4.79 Å². The Labute approximate surface area is 139 Å². The van der Waals surface area contributed by atoms with E-state index >= 15 is 0 Å². The first-order valence-electron chi connectivity index (χ1n) is 6.33. The van der Waals surface area contributed by atoms with Crippen LogP contribution in [0, 0.1) is 3.57 Å². The quantitative estimate of drug-likeness (QED) is 0.643. The van der Waals surface area contributed by atoms with Crippen molar-refractivity contribution in [3.8, 4) is 0 Å². The fraction of sp³-hybridized carbons (Fsp3) is 0.133. The summed E-state index contributed by atoms with van der Waals surface area (Å²) in [6.07, 6.45) is 0. The molecular weight excluding hydrogens is 403 g/mol. The van der Waals surface area contributed by atoms with Gasteiger partial charge in [0.1, 0.15) is 0 Å². The standard InChI is InChI=1S/C15H12ClIN2O2/c1-18-14(10-7-9(16)3-4-11(10)17)8-2-5-12-13(6-8)21-15(20)19-12/h2-7,14,18H,1H3,(H,19,20). The van der Waals surface area contributed by atoms with Crippen molar-refractivity contribution in [2.45, 2.75) is 6.04 Å². The molecule has 0 aliphatic rings. The molecule has 1 heterocycles. The first-order chi connectivity index (χ1) is 10.1. The van der Waals surface area contributed by atoms with Gasteiger partial charge in [0.2, 0.25) is 0 Å². The van der Waals surface area contributed by atoms with Crippen LogP contribution in [0.2, 0.25) is 5.02 Å². The van der Waals surface area contributed by atoms with Gasteiger partial charge in [0, 0.05) is 8.59 Å². The SMILES string of the molecule is CNC(c1ccc2[nH]c(=O)oc2c1)c1cc(Cl)ccc1I. The van der Waals surface area contributed by atoms with E-state index in [1.165, 1.54) is 0 Å². The molecule has 4 nitrogen and oxygen atoms in total. The van der Waals surface area contributed by atoms with E-state index in [0.717, 1.165) is 14.7 Å². The molecule has 3 aromatic rings. The normalized spacial score (nSPS) is 12.7. The Bertz CT molecular complexity index is 856. The molecule has 1 aromatic heterocycles. The average molecular weight is 415 g/mol. The predicted molar refractivity (Wildman–Crippen MR) is 91.9 cm³/mol. The lowest BCUT2D eigenvalue weighted by Gasteiger charge is -2.19. The summed E-state index contributed by atoms with van der Waals surface area (Å²) in [5.74, 6) is -0.444. The van der Waals surface area contributed by atoms with Crippen LogP contribution in [0.5, 0.6) is 0 Å². The van der Waals surface area contributed by atoms with Crippen LogP contribution in [-0.4, -0.2) is 12.0 Å². The zero-order valence-corrected chi connectivity index (χ0v) is 14.0.